The molecule has 0 amide bonds. The van der Waals surface area contributed by atoms with Gasteiger partial charge in [0.2, 0.25) is 0 Å². The van der Waals surface area contributed by atoms with E-state index in [4.69, 9.17) is 21.1 Å². The van der Waals surface area contributed by atoms with E-state index in [2.05, 4.69) is 0 Å². The van der Waals surface area contributed by atoms with Gasteiger partial charge in [0, 0.05) is 5.56 Å². The zero-order chi connectivity index (χ0) is 14.7. The second-order valence-corrected chi connectivity index (χ2v) is 6.55. The number of benzene rings is 1. The molecule has 1 heterocycles. The van der Waals surface area contributed by atoms with Crippen LogP contribution in [0.25, 0.3) is 0 Å². The number of halogens is 1. The van der Waals surface area contributed by atoms with Crippen LogP contribution in [0.3, 0.4) is 0 Å². The molecule has 3 nitrogen and oxygen atoms in total. The molecule has 0 bridgehead atoms. The predicted octanol–water partition coefficient (Wildman–Crippen LogP) is 4.41. The van der Waals surface area contributed by atoms with Crippen LogP contribution in [0.1, 0.15) is 55.3 Å². The van der Waals surface area contributed by atoms with Gasteiger partial charge >= 0.3 is 0 Å². The van der Waals surface area contributed by atoms with Crippen LogP contribution in [0.2, 0.25) is 5.02 Å². The van der Waals surface area contributed by atoms with Gasteiger partial charge in [-0.25, -0.2) is 0 Å². The van der Waals surface area contributed by atoms with Crippen LogP contribution >= 0.6 is 11.6 Å². The fraction of sp³-hybridized carbons (Fsp3) is 0.588. The number of rotatable bonds is 4. The Kier molecular flexibility index (Phi) is 4.51. The van der Waals surface area contributed by atoms with E-state index in [1.165, 1.54) is 32.1 Å². The quantitative estimate of drug-likeness (QED) is 0.773. The van der Waals surface area contributed by atoms with Gasteiger partial charge in [0.05, 0.1) is 16.7 Å². The maximum atomic E-state index is 10.7. The summed E-state index contributed by atoms with van der Waals surface area (Å²) in [6.45, 7) is 0.530. The lowest BCUT2D eigenvalue weighted by Crippen LogP contribution is -2.32. The topological polar surface area (TPSA) is 35.5 Å². The molecule has 1 aromatic carbocycles. The lowest BCUT2D eigenvalue weighted by molar-refractivity contribution is -0.0748. The zero-order valence-corrected chi connectivity index (χ0v) is 12.9. The average molecular weight is 309 g/mol. The highest BCUT2D eigenvalue weighted by atomic mass is 35.5. The second-order valence-electron chi connectivity index (χ2n) is 6.14. The Balaban J connectivity index is 1.55. The molecule has 1 saturated heterocycles. The highest BCUT2D eigenvalue weighted by molar-refractivity contribution is 6.32. The maximum Gasteiger partial charge on any atom is 0.150 e. The summed E-state index contributed by atoms with van der Waals surface area (Å²) in [5.74, 6) is 0.621. The molecule has 1 saturated carbocycles. The third-order valence-electron chi connectivity index (χ3n) is 4.62. The summed E-state index contributed by atoms with van der Waals surface area (Å²) in [4.78, 5) is 10.7. The molecular weight excluding hydrogens is 288 g/mol. The number of hydrogen-bond acceptors (Lipinski definition) is 3. The van der Waals surface area contributed by atoms with Crippen LogP contribution in [0.4, 0.5) is 0 Å². The summed E-state index contributed by atoms with van der Waals surface area (Å²) >= 11 is 6.11. The third-order valence-corrected chi connectivity index (χ3v) is 4.92. The number of ether oxygens (including phenoxy) is 2. The Labute approximate surface area is 130 Å². The first-order chi connectivity index (χ1) is 10.2. The first kappa shape index (κ1) is 14.9. The zero-order valence-electron chi connectivity index (χ0n) is 12.1. The summed E-state index contributed by atoms with van der Waals surface area (Å²) in [6.07, 6.45) is 9.44. The molecule has 114 valence electrons. The second kappa shape index (κ2) is 6.37. The minimum atomic E-state index is 0.122. The van der Waals surface area contributed by atoms with E-state index < -0.39 is 0 Å². The van der Waals surface area contributed by atoms with Crippen LogP contribution in [0, 0.1) is 0 Å². The maximum absolute atomic E-state index is 10.7. The SMILES string of the molecule is O=Cc1ccc(OCC2CCC3(CCCCC3)O2)c(Cl)c1. The number of carbonyl (C=O) groups excluding carboxylic acids is 1. The lowest BCUT2D eigenvalue weighted by atomic mass is 9.83. The van der Waals surface area contributed by atoms with Gasteiger partial charge in [-0.15, -0.1) is 0 Å². The van der Waals surface area contributed by atoms with Crippen molar-refractivity contribution in [1.82, 2.24) is 0 Å². The molecule has 0 N–H and O–H groups in total. The van der Waals surface area contributed by atoms with Crippen molar-refractivity contribution in [3.05, 3.63) is 28.8 Å². The van der Waals surface area contributed by atoms with Gasteiger partial charge in [-0.1, -0.05) is 30.9 Å². The van der Waals surface area contributed by atoms with Crippen molar-refractivity contribution in [2.45, 2.75) is 56.7 Å². The molecule has 3 rings (SSSR count). The molecule has 1 unspecified atom stereocenters. The van der Waals surface area contributed by atoms with Crippen LogP contribution in [-0.2, 0) is 4.74 Å². The summed E-state index contributed by atoms with van der Waals surface area (Å²) < 4.78 is 12.1. The van der Waals surface area contributed by atoms with E-state index in [9.17, 15) is 4.79 Å². The van der Waals surface area contributed by atoms with Crippen LogP contribution in [0.5, 0.6) is 5.75 Å². The van der Waals surface area contributed by atoms with Gasteiger partial charge < -0.3 is 9.47 Å². The Morgan fingerprint density at radius 1 is 1.29 bits per heavy atom. The summed E-state index contributed by atoms with van der Waals surface area (Å²) in [6, 6.07) is 5.09. The van der Waals surface area contributed by atoms with Crippen LogP contribution in [0.15, 0.2) is 18.2 Å². The fourth-order valence-corrected chi connectivity index (χ4v) is 3.71. The van der Waals surface area contributed by atoms with E-state index in [-0.39, 0.29) is 11.7 Å². The first-order valence-corrected chi connectivity index (χ1v) is 8.14. The lowest BCUT2D eigenvalue weighted by Gasteiger charge is -2.33. The van der Waals surface area contributed by atoms with Gasteiger partial charge in [0.25, 0.3) is 0 Å². The van der Waals surface area contributed by atoms with Crippen molar-refractivity contribution in [1.29, 1.82) is 0 Å². The van der Waals surface area contributed by atoms with Crippen LogP contribution in [-0.4, -0.2) is 24.6 Å². The minimum absolute atomic E-state index is 0.122. The minimum Gasteiger partial charge on any atom is -0.489 e. The summed E-state index contributed by atoms with van der Waals surface area (Å²) in [5, 5.41) is 0.477. The Bertz CT molecular complexity index is 509. The molecule has 4 heteroatoms. The molecule has 0 aromatic heterocycles. The molecule has 1 aliphatic carbocycles. The fourth-order valence-electron chi connectivity index (χ4n) is 3.47. The molecule has 0 radical (unpaired) electrons. The normalized spacial score (nSPS) is 24.1. The van der Waals surface area contributed by atoms with E-state index in [1.54, 1.807) is 18.2 Å². The van der Waals surface area contributed by atoms with E-state index in [0.717, 1.165) is 19.1 Å². The van der Waals surface area contributed by atoms with Crippen molar-refractivity contribution < 1.29 is 14.3 Å². The van der Waals surface area contributed by atoms with E-state index in [0.29, 0.717) is 22.9 Å². The van der Waals surface area contributed by atoms with Gasteiger partial charge in [-0.2, -0.15) is 0 Å². The van der Waals surface area contributed by atoms with Gasteiger partial charge in [0.1, 0.15) is 18.6 Å². The molecule has 1 atom stereocenters. The van der Waals surface area contributed by atoms with E-state index in [1.807, 2.05) is 0 Å². The smallest absolute Gasteiger partial charge is 0.150 e. The van der Waals surface area contributed by atoms with Crippen molar-refractivity contribution in [3.8, 4) is 5.75 Å². The molecule has 1 aliphatic heterocycles. The van der Waals surface area contributed by atoms with Crippen molar-refractivity contribution >= 4 is 17.9 Å². The molecule has 1 aromatic rings. The highest BCUT2D eigenvalue weighted by Crippen LogP contribution is 2.42. The standard InChI is InChI=1S/C17H21ClO3/c18-15-10-13(11-19)4-5-16(15)20-12-14-6-9-17(21-14)7-2-1-3-8-17/h4-5,10-11,14H,1-3,6-9,12H2. The largest absolute Gasteiger partial charge is 0.489 e. The summed E-state index contributed by atoms with van der Waals surface area (Å²) in [5.41, 5.74) is 0.683. The first-order valence-electron chi connectivity index (χ1n) is 7.76. The van der Waals surface area contributed by atoms with Gasteiger partial charge in [0.15, 0.2) is 0 Å². The Morgan fingerprint density at radius 2 is 2.10 bits per heavy atom. The number of carbonyl (C=O) groups is 1. The molecule has 21 heavy (non-hydrogen) atoms. The van der Waals surface area contributed by atoms with Gasteiger partial charge in [-0.3, -0.25) is 4.79 Å². The average Bonchev–Trinajstić information content (AvgIpc) is 2.89. The highest BCUT2D eigenvalue weighted by Gasteiger charge is 2.40. The monoisotopic (exact) mass is 308 g/mol. The Morgan fingerprint density at radius 3 is 2.81 bits per heavy atom. The number of hydrogen-bond donors (Lipinski definition) is 0. The van der Waals surface area contributed by atoms with Crippen molar-refractivity contribution in [2.75, 3.05) is 6.61 Å². The van der Waals surface area contributed by atoms with Crippen LogP contribution < -0.4 is 4.74 Å². The number of aldehydes is 1. The predicted molar refractivity (Wildman–Crippen MR) is 82.3 cm³/mol. The van der Waals surface area contributed by atoms with E-state index >= 15 is 0 Å². The molecular formula is C17H21ClO3. The van der Waals surface area contributed by atoms with Crippen molar-refractivity contribution in [3.63, 3.8) is 0 Å². The third kappa shape index (κ3) is 3.41. The molecule has 1 spiro atoms. The van der Waals surface area contributed by atoms with Gasteiger partial charge in [-0.05, 0) is 43.9 Å². The summed E-state index contributed by atoms with van der Waals surface area (Å²) in [7, 11) is 0. The molecule has 2 fully saturated rings. The molecule has 2 aliphatic rings. The Hall–Kier alpha value is -1.06. The van der Waals surface area contributed by atoms with Crippen molar-refractivity contribution in [2.24, 2.45) is 0 Å².